The van der Waals surface area contributed by atoms with Gasteiger partial charge in [-0.2, -0.15) is 0 Å². The van der Waals surface area contributed by atoms with E-state index in [2.05, 4.69) is 10.3 Å². The molecule has 0 saturated heterocycles. The first-order chi connectivity index (χ1) is 11.5. The van der Waals surface area contributed by atoms with Crippen LogP contribution in [0.3, 0.4) is 0 Å². The molecule has 0 aliphatic carbocycles. The Labute approximate surface area is 144 Å². The molecule has 0 bridgehead atoms. The Morgan fingerprint density at radius 1 is 1.25 bits per heavy atom. The van der Waals surface area contributed by atoms with Crippen LogP contribution in [0.4, 0.5) is 5.13 Å². The van der Waals surface area contributed by atoms with Gasteiger partial charge in [-0.05, 0) is 25.0 Å². The van der Waals surface area contributed by atoms with Crippen molar-refractivity contribution in [3.63, 3.8) is 0 Å². The first-order valence-corrected chi connectivity index (χ1v) is 8.48. The highest BCUT2D eigenvalue weighted by molar-refractivity contribution is 7.17. The second-order valence-electron chi connectivity index (χ2n) is 5.26. The minimum absolute atomic E-state index is 0.0480. The normalized spacial score (nSPS) is 10.5. The van der Waals surface area contributed by atoms with Gasteiger partial charge in [0, 0.05) is 0 Å². The van der Waals surface area contributed by atoms with Gasteiger partial charge < -0.3 is 9.47 Å². The molecule has 1 amide bonds. The van der Waals surface area contributed by atoms with Crippen LogP contribution >= 0.6 is 11.3 Å². The number of nitrogens with zero attached hydrogens (tertiary/aromatic N) is 1. The van der Waals surface area contributed by atoms with Crippen LogP contribution < -0.4 is 10.1 Å². The average molecular weight is 348 g/mol. The van der Waals surface area contributed by atoms with E-state index in [1.165, 1.54) is 0 Å². The van der Waals surface area contributed by atoms with E-state index in [1.54, 1.807) is 19.1 Å². The number of esters is 1. The molecule has 2 rings (SSSR count). The summed E-state index contributed by atoms with van der Waals surface area (Å²) in [5, 5.41) is 3.02. The van der Waals surface area contributed by atoms with Crippen LogP contribution in [0, 0.1) is 0 Å². The van der Waals surface area contributed by atoms with Gasteiger partial charge in [-0.3, -0.25) is 10.1 Å². The van der Waals surface area contributed by atoms with Crippen LogP contribution in [0.15, 0.2) is 30.3 Å². The molecule has 7 heteroatoms. The molecule has 0 atom stereocenters. The number of amides is 1. The summed E-state index contributed by atoms with van der Waals surface area (Å²) in [5.41, 5.74) is 0.623. The number of thiazole rings is 1. The van der Waals surface area contributed by atoms with E-state index in [1.807, 2.05) is 32.0 Å². The van der Waals surface area contributed by atoms with Crippen molar-refractivity contribution in [2.45, 2.75) is 26.7 Å². The molecule has 24 heavy (non-hydrogen) atoms. The number of anilines is 1. The van der Waals surface area contributed by atoms with Crippen molar-refractivity contribution < 1.29 is 19.1 Å². The fourth-order valence-electron chi connectivity index (χ4n) is 1.94. The van der Waals surface area contributed by atoms with Gasteiger partial charge in [-0.25, -0.2) is 9.78 Å². The number of para-hydroxylation sites is 1. The summed E-state index contributed by atoms with van der Waals surface area (Å²) in [6.07, 6.45) is 0. The molecule has 0 aliphatic heterocycles. The Hall–Kier alpha value is -2.41. The molecule has 0 spiro atoms. The van der Waals surface area contributed by atoms with E-state index in [4.69, 9.17) is 9.47 Å². The predicted molar refractivity (Wildman–Crippen MR) is 92.7 cm³/mol. The zero-order chi connectivity index (χ0) is 17.5. The minimum atomic E-state index is -0.417. The van der Waals surface area contributed by atoms with Crippen LogP contribution in [0.5, 0.6) is 5.75 Å². The maximum absolute atomic E-state index is 12.0. The molecule has 0 saturated carbocycles. The van der Waals surface area contributed by atoms with Crippen LogP contribution in [-0.2, 0) is 9.53 Å². The van der Waals surface area contributed by atoms with E-state index in [0.29, 0.717) is 28.1 Å². The van der Waals surface area contributed by atoms with E-state index in [0.717, 1.165) is 11.3 Å². The Balaban J connectivity index is 2.02. The van der Waals surface area contributed by atoms with E-state index >= 15 is 0 Å². The van der Waals surface area contributed by atoms with Crippen molar-refractivity contribution in [3.8, 4) is 5.75 Å². The van der Waals surface area contributed by atoms with Crippen molar-refractivity contribution in [2.24, 2.45) is 0 Å². The number of hydrogen-bond donors (Lipinski definition) is 1. The van der Waals surface area contributed by atoms with Gasteiger partial charge in [0.1, 0.15) is 10.6 Å². The van der Waals surface area contributed by atoms with Gasteiger partial charge in [-0.15, -0.1) is 0 Å². The Morgan fingerprint density at radius 2 is 1.96 bits per heavy atom. The molecule has 1 aromatic carbocycles. The maximum Gasteiger partial charge on any atom is 0.350 e. The maximum atomic E-state index is 12.0. The van der Waals surface area contributed by atoms with Crippen molar-refractivity contribution >= 4 is 28.3 Å². The Morgan fingerprint density at radius 3 is 2.58 bits per heavy atom. The highest BCUT2D eigenvalue weighted by Crippen LogP contribution is 2.29. The zero-order valence-electron chi connectivity index (χ0n) is 13.9. The summed E-state index contributed by atoms with van der Waals surface area (Å²) >= 11 is 1.11. The number of aromatic nitrogens is 1. The second kappa shape index (κ2) is 8.44. The fourth-order valence-corrected chi connectivity index (χ4v) is 2.97. The monoisotopic (exact) mass is 348 g/mol. The number of hydrogen-bond acceptors (Lipinski definition) is 6. The summed E-state index contributed by atoms with van der Waals surface area (Å²) in [5.74, 6) is -0.0909. The van der Waals surface area contributed by atoms with E-state index in [-0.39, 0.29) is 18.4 Å². The summed E-state index contributed by atoms with van der Waals surface area (Å²) in [6, 6.07) is 9.06. The Bertz CT molecular complexity index is 698. The molecule has 0 aliphatic rings. The molecular weight excluding hydrogens is 328 g/mol. The summed E-state index contributed by atoms with van der Waals surface area (Å²) < 4.78 is 10.4. The third kappa shape index (κ3) is 4.79. The van der Waals surface area contributed by atoms with Gasteiger partial charge in [0.15, 0.2) is 11.7 Å². The molecule has 1 N–H and O–H groups in total. The third-order valence-corrected chi connectivity index (χ3v) is 3.99. The molecule has 0 fully saturated rings. The van der Waals surface area contributed by atoms with Crippen molar-refractivity contribution in [3.05, 3.63) is 40.9 Å². The lowest BCUT2D eigenvalue weighted by Crippen LogP contribution is -2.20. The molecule has 0 radical (unpaired) electrons. The van der Waals surface area contributed by atoms with Gasteiger partial charge in [0.25, 0.3) is 5.91 Å². The number of nitrogens with one attached hydrogen (secondary N) is 1. The molecular formula is C17H20N2O4S. The molecule has 0 unspecified atom stereocenters. The molecule has 6 nitrogen and oxygen atoms in total. The minimum Gasteiger partial charge on any atom is -0.484 e. The van der Waals surface area contributed by atoms with Crippen molar-refractivity contribution in [1.82, 2.24) is 4.98 Å². The van der Waals surface area contributed by atoms with Crippen molar-refractivity contribution in [2.75, 3.05) is 18.5 Å². The second-order valence-corrected chi connectivity index (χ2v) is 6.26. The van der Waals surface area contributed by atoms with Gasteiger partial charge in [-0.1, -0.05) is 43.4 Å². The largest absolute Gasteiger partial charge is 0.484 e. The van der Waals surface area contributed by atoms with Crippen LogP contribution in [0.2, 0.25) is 0 Å². The van der Waals surface area contributed by atoms with Crippen LogP contribution in [-0.4, -0.2) is 30.1 Å². The quantitative estimate of drug-likeness (QED) is 0.775. The summed E-state index contributed by atoms with van der Waals surface area (Å²) in [7, 11) is 0. The third-order valence-electron chi connectivity index (χ3n) is 3.02. The smallest absolute Gasteiger partial charge is 0.350 e. The topological polar surface area (TPSA) is 77.5 Å². The number of carbonyl (C=O) groups excluding carboxylic acids is 2. The standard InChI is InChI=1S/C17H20N2O4S/c1-4-22-16(21)15-14(11(2)3)19-17(24-15)18-13(20)10-23-12-8-6-5-7-9-12/h5-9,11H,4,10H2,1-3H3,(H,18,19,20). The summed E-state index contributed by atoms with van der Waals surface area (Å²) in [4.78, 5) is 28.7. The molecule has 128 valence electrons. The molecule has 2 aromatic rings. The Kier molecular flexibility index (Phi) is 6.31. The molecule has 1 aromatic heterocycles. The van der Waals surface area contributed by atoms with Gasteiger partial charge >= 0.3 is 5.97 Å². The average Bonchev–Trinajstić information content (AvgIpc) is 2.98. The highest BCUT2D eigenvalue weighted by atomic mass is 32.1. The van der Waals surface area contributed by atoms with E-state index < -0.39 is 5.97 Å². The van der Waals surface area contributed by atoms with Crippen LogP contribution in [0.1, 0.15) is 42.1 Å². The lowest BCUT2D eigenvalue weighted by atomic mass is 10.1. The number of benzene rings is 1. The van der Waals surface area contributed by atoms with Gasteiger partial charge in [0.05, 0.1) is 12.3 Å². The first-order valence-electron chi connectivity index (χ1n) is 7.66. The highest BCUT2D eigenvalue weighted by Gasteiger charge is 2.22. The van der Waals surface area contributed by atoms with Gasteiger partial charge in [0.2, 0.25) is 0 Å². The number of rotatable bonds is 7. The van der Waals surface area contributed by atoms with E-state index in [9.17, 15) is 9.59 Å². The van der Waals surface area contributed by atoms with Crippen molar-refractivity contribution in [1.29, 1.82) is 0 Å². The first kappa shape index (κ1) is 17.9. The fraction of sp³-hybridized carbons (Fsp3) is 0.353. The zero-order valence-corrected chi connectivity index (χ0v) is 14.7. The number of ether oxygens (including phenoxy) is 2. The lowest BCUT2D eigenvalue weighted by Gasteiger charge is -2.05. The summed E-state index contributed by atoms with van der Waals surface area (Å²) in [6.45, 7) is 5.78. The predicted octanol–water partition coefficient (Wildman–Crippen LogP) is 3.46. The van der Waals surface area contributed by atoms with Crippen LogP contribution in [0.25, 0.3) is 0 Å². The SMILES string of the molecule is CCOC(=O)c1sc(NC(=O)COc2ccccc2)nc1C(C)C. The molecule has 1 heterocycles. The number of carbonyl (C=O) groups is 2. The lowest BCUT2D eigenvalue weighted by molar-refractivity contribution is -0.118.